The second-order valence-electron chi connectivity index (χ2n) is 13.4. The van der Waals surface area contributed by atoms with Crippen molar-refractivity contribution in [1.29, 1.82) is 0 Å². The lowest BCUT2D eigenvalue weighted by Crippen LogP contribution is -2.57. The molecule has 4 atom stereocenters. The summed E-state index contributed by atoms with van der Waals surface area (Å²) in [6.45, 7) is 3.90. The lowest BCUT2D eigenvalue weighted by molar-refractivity contribution is -0.132. The third-order valence-electron chi connectivity index (χ3n) is 8.90. The number of aromatic amines is 1. The Hall–Kier alpha value is -4.05. The number of rotatable bonds is 18. The Morgan fingerprint density at radius 1 is 0.915 bits per heavy atom. The molecule has 0 saturated heterocycles. The van der Waals surface area contributed by atoms with Gasteiger partial charge in [-0.15, -0.1) is 0 Å². The van der Waals surface area contributed by atoms with Crippen LogP contribution in [0.15, 0.2) is 67.3 Å². The molecule has 10 nitrogen and oxygen atoms in total. The van der Waals surface area contributed by atoms with Crippen molar-refractivity contribution in [1.82, 2.24) is 30.9 Å². The van der Waals surface area contributed by atoms with Crippen LogP contribution in [0, 0.1) is 11.8 Å². The van der Waals surface area contributed by atoms with Crippen molar-refractivity contribution in [3.63, 3.8) is 0 Å². The minimum absolute atomic E-state index is 0.130. The topological polar surface area (TPSA) is 149 Å². The largest absolute Gasteiger partial charge is 0.391 e. The number of aromatic nitrogens is 3. The van der Waals surface area contributed by atoms with Gasteiger partial charge >= 0.3 is 0 Å². The monoisotopic (exact) mass is 644 g/mol. The highest BCUT2D eigenvalue weighted by Gasteiger charge is 2.32. The molecule has 0 spiro atoms. The number of amides is 3. The van der Waals surface area contributed by atoms with Gasteiger partial charge < -0.3 is 26.0 Å². The zero-order chi connectivity index (χ0) is 33.4. The third kappa shape index (κ3) is 12.6. The first-order valence-corrected chi connectivity index (χ1v) is 17.3. The van der Waals surface area contributed by atoms with Crippen LogP contribution in [0.4, 0.5) is 0 Å². The number of aliphatic hydroxyl groups excluding tert-OH is 1. The van der Waals surface area contributed by atoms with Crippen molar-refractivity contribution in [2.24, 2.45) is 11.8 Å². The van der Waals surface area contributed by atoms with E-state index in [1.807, 2.05) is 62.4 Å². The fraction of sp³-hybridized carbons (Fsp3) is 0.541. The molecule has 0 unspecified atom stereocenters. The first-order valence-electron chi connectivity index (χ1n) is 17.3. The summed E-state index contributed by atoms with van der Waals surface area (Å²) in [5.41, 5.74) is 2.56. The Bertz CT molecular complexity index is 1350. The molecule has 0 bridgehead atoms. The van der Waals surface area contributed by atoms with Crippen molar-refractivity contribution in [3.05, 3.63) is 84.2 Å². The van der Waals surface area contributed by atoms with E-state index in [9.17, 15) is 19.5 Å². The Balaban J connectivity index is 1.49. The lowest BCUT2D eigenvalue weighted by atomic mass is 9.83. The van der Waals surface area contributed by atoms with Crippen LogP contribution < -0.4 is 16.0 Å². The highest BCUT2D eigenvalue weighted by atomic mass is 16.3. The van der Waals surface area contributed by atoms with Crippen LogP contribution in [0.3, 0.4) is 0 Å². The van der Waals surface area contributed by atoms with Gasteiger partial charge in [-0.05, 0) is 55.2 Å². The van der Waals surface area contributed by atoms with Crippen LogP contribution in [0.5, 0.6) is 0 Å². The van der Waals surface area contributed by atoms with Gasteiger partial charge in [-0.3, -0.25) is 19.4 Å². The van der Waals surface area contributed by atoms with Crippen LogP contribution >= 0.6 is 0 Å². The van der Waals surface area contributed by atoms with E-state index in [1.165, 1.54) is 12.7 Å². The van der Waals surface area contributed by atoms with Gasteiger partial charge in [0.15, 0.2) is 0 Å². The summed E-state index contributed by atoms with van der Waals surface area (Å²) >= 11 is 0. The Morgan fingerprint density at radius 2 is 1.64 bits per heavy atom. The molecule has 2 aromatic heterocycles. The molecule has 1 saturated carbocycles. The first-order chi connectivity index (χ1) is 22.8. The summed E-state index contributed by atoms with van der Waals surface area (Å²) < 4.78 is 0. The number of hydrogen-bond acceptors (Lipinski definition) is 6. The summed E-state index contributed by atoms with van der Waals surface area (Å²) in [5.74, 6) is -0.473. The maximum absolute atomic E-state index is 14.0. The van der Waals surface area contributed by atoms with E-state index < -0.39 is 30.1 Å². The number of pyridine rings is 1. The average Bonchev–Trinajstić information content (AvgIpc) is 3.58. The predicted molar refractivity (Wildman–Crippen MR) is 182 cm³/mol. The molecule has 3 amide bonds. The van der Waals surface area contributed by atoms with Gasteiger partial charge in [0.25, 0.3) is 0 Å². The Morgan fingerprint density at radius 3 is 2.32 bits per heavy atom. The number of hydrogen-bond donors (Lipinski definition) is 5. The van der Waals surface area contributed by atoms with Crippen LogP contribution in [0.2, 0.25) is 0 Å². The summed E-state index contributed by atoms with van der Waals surface area (Å²) in [6.07, 6.45) is 13.3. The van der Waals surface area contributed by atoms with Crippen LogP contribution in [-0.4, -0.2) is 62.0 Å². The van der Waals surface area contributed by atoms with Gasteiger partial charge in [-0.25, -0.2) is 4.98 Å². The Kier molecular flexibility index (Phi) is 14.4. The molecule has 5 N–H and O–H groups in total. The predicted octanol–water partition coefficient (Wildman–Crippen LogP) is 4.44. The number of imidazole rings is 1. The zero-order valence-corrected chi connectivity index (χ0v) is 27.9. The van der Waals surface area contributed by atoms with E-state index in [1.54, 1.807) is 12.4 Å². The minimum atomic E-state index is -0.946. The maximum Gasteiger partial charge on any atom is 0.243 e. The molecule has 0 radical (unpaired) electrons. The number of nitrogens with one attached hydrogen (secondary N) is 4. The number of aliphatic hydroxyl groups is 1. The number of carbonyl (C=O) groups excluding carboxylic acids is 3. The SMILES string of the molecule is CC(C)CC(=O)N[C@@H](Cc1ccccc1)C(=O)N[C@@H](Cc1cnc[nH]1)C(=O)N[C@@H](CC1CCCCC1)[C@@H](O)CCCc1ccccn1. The highest BCUT2D eigenvalue weighted by Crippen LogP contribution is 2.28. The normalized spacial score (nSPS) is 16.2. The smallest absolute Gasteiger partial charge is 0.243 e. The maximum atomic E-state index is 14.0. The van der Waals surface area contributed by atoms with E-state index in [-0.39, 0.29) is 37.0 Å². The van der Waals surface area contributed by atoms with Gasteiger partial charge in [-0.1, -0.05) is 82.3 Å². The van der Waals surface area contributed by atoms with Crippen LogP contribution in [0.25, 0.3) is 0 Å². The molecule has 4 rings (SSSR count). The molecule has 3 aromatic rings. The summed E-state index contributed by atoms with van der Waals surface area (Å²) in [6, 6.07) is 13.1. The number of aryl methyl sites for hydroxylation is 1. The van der Waals surface area contributed by atoms with Gasteiger partial charge in [0.05, 0.1) is 18.5 Å². The summed E-state index contributed by atoms with van der Waals surface area (Å²) in [5, 5.41) is 20.4. The van der Waals surface area contributed by atoms with Gasteiger partial charge in [0.1, 0.15) is 12.1 Å². The molecule has 2 heterocycles. The molecule has 1 fully saturated rings. The lowest BCUT2D eigenvalue weighted by Gasteiger charge is -2.32. The van der Waals surface area contributed by atoms with Crippen LogP contribution in [0.1, 0.15) is 88.6 Å². The van der Waals surface area contributed by atoms with Crippen molar-refractivity contribution in [2.45, 2.75) is 115 Å². The van der Waals surface area contributed by atoms with E-state index in [2.05, 4.69) is 30.9 Å². The van der Waals surface area contributed by atoms with Crippen molar-refractivity contribution < 1.29 is 19.5 Å². The second-order valence-corrected chi connectivity index (χ2v) is 13.4. The standard InChI is InChI=1S/C37H52N6O4/c1-26(2)20-35(45)41-32(22-28-14-7-4-8-15-28)36(46)43-33(23-30-24-38-25-40-30)37(47)42-31(21-27-12-5-3-6-13-27)34(44)18-11-17-29-16-9-10-19-39-29/h4,7-10,14-16,19,24-27,31-34,44H,3,5-6,11-13,17-18,20-23H2,1-2H3,(H,38,40)(H,41,45)(H,42,47)(H,43,46)/t31-,32-,33-,34-/m0/s1. The van der Waals surface area contributed by atoms with E-state index in [4.69, 9.17) is 0 Å². The second kappa shape index (κ2) is 18.9. The number of carbonyl (C=O) groups is 3. The summed E-state index contributed by atoms with van der Waals surface area (Å²) in [7, 11) is 0. The summed E-state index contributed by atoms with van der Waals surface area (Å²) in [4.78, 5) is 52.2. The molecular formula is C37H52N6O4. The van der Waals surface area contributed by atoms with Crippen molar-refractivity contribution in [2.75, 3.05) is 0 Å². The first kappa shape index (κ1) is 35.8. The molecule has 1 aromatic carbocycles. The van der Waals surface area contributed by atoms with Gasteiger partial charge in [0, 0.05) is 43.0 Å². The molecule has 1 aliphatic carbocycles. The van der Waals surface area contributed by atoms with Crippen molar-refractivity contribution >= 4 is 17.7 Å². The zero-order valence-electron chi connectivity index (χ0n) is 27.9. The molecule has 10 heteroatoms. The molecular weight excluding hydrogens is 592 g/mol. The van der Waals surface area contributed by atoms with E-state index in [0.717, 1.165) is 49.8 Å². The molecule has 47 heavy (non-hydrogen) atoms. The number of nitrogens with zero attached hydrogens (tertiary/aromatic N) is 2. The fourth-order valence-corrected chi connectivity index (χ4v) is 6.40. The highest BCUT2D eigenvalue weighted by molar-refractivity contribution is 5.92. The van der Waals surface area contributed by atoms with Gasteiger partial charge in [-0.2, -0.15) is 0 Å². The minimum Gasteiger partial charge on any atom is -0.391 e. The molecule has 1 aliphatic rings. The quantitative estimate of drug-likeness (QED) is 0.138. The average molecular weight is 645 g/mol. The van der Waals surface area contributed by atoms with E-state index >= 15 is 0 Å². The fourth-order valence-electron chi connectivity index (χ4n) is 6.40. The number of H-pyrrole nitrogens is 1. The molecule has 0 aliphatic heterocycles. The van der Waals surface area contributed by atoms with Crippen molar-refractivity contribution in [3.8, 4) is 0 Å². The van der Waals surface area contributed by atoms with E-state index in [0.29, 0.717) is 24.5 Å². The number of benzene rings is 1. The van der Waals surface area contributed by atoms with Gasteiger partial charge in [0.2, 0.25) is 17.7 Å². The Labute approximate surface area is 279 Å². The molecule has 254 valence electrons. The third-order valence-corrected chi connectivity index (χ3v) is 8.90. The van der Waals surface area contributed by atoms with Crippen LogP contribution in [-0.2, 0) is 33.6 Å².